The minimum atomic E-state index is -0.0296. The third kappa shape index (κ3) is 3.10. The first-order valence-electron chi connectivity index (χ1n) is 6.07. The van der Waals surface area contributed by atoms with E-state index in [0.29, 0.717) is 12.4 Å². The van der Waals surface area contributed by atoms with Crippen LogP contribution in [0.15, 0.2) is 22.6 Å². The van der Waals surface area contributed by atoms with Gasteiger partial charge >= 0.3 is 0 Å². The van der Waals surface area contributed by atoms with Crippen molar-refractivity contribution in [2.24, 2.45) is 0 Å². The maximum Gasteiger partial charge on any atom is 0.223 e. The van der Waals surface area contributed by atoms with Crippen molar-refractivity contribution in [2.45, 2.75) is 26.3 Å². The standard InChI is InChI=1S/C14H15N3O2/c1-10-16-12-8-11(5-6-13(12)19-10)9-17(2)14(18)4-3-7-15/h5-6,8H,3-4,9H2,1-2H3. The Morgan fingerprint density at radius 2 is 2.32 bits per heavy atom. The van der Waals surface area contributed by atoms with Gasteiger partial charge in [-0.2, -0.15) is 5.26 Å². The molecule has 1 heterocycles. The van der Waals surface area contributed by atoms with Crippen LogP contribution in [0.3, 0.4) is 0 Å². The summed E-state index contributed by atoms with van der Waals surface area (Å²) in [6.07, 6.45) is 0.517. The van der Waals surface area contributed by atoms with Crippen LogP contribution >= 0.6 is 0 Å². The maximum absolute atomic E-state index is 11.7. The Balaban J connectivity index is 2.08. The van der Waals surface area contributed by atoms with E-state index in [-0.39, 0.29) is 18.7 Å². The number of benzene rings is 1. The zero-order valence-corrected chi connectivity index (χ0v) is 11.0. The van der Waals surface area contributed by atoms with E-state index >= 15 is 0 Å². The Bertz CT molecular complexity index is 640. The van der Waals surface area contributed by atoms with Crippen molar-refractivity contribution >= 4 is 17.0 Å². The van der Waals surface area contributed by atoms with Crippen LogP contribution in [0.1, 0.15) is 24.3 Å². The molecule has 0 aliphatic heterocycles. The Kier molecular flexibility index (Phi) is 3.81. The monoisotopic (exact) mass is 257 g/mol. The number of hydrogen-bond donors (Lipinski definition) is 0. The van der Waals surface area contributed by atoms with Crippen molar-refractivity contribution in [2.75, 3.05) is 7.05 Å². The first kappa shape index (κ1) is 13.1. The molecule has 0 fully saturated rings. The van der Waals surface area contributed by atoms with Crippen LogP contribution in [0.4, 0.5) is 0 Å². The minimum absolute atomic E-state index is 0.0296. The van der Waals surface area contributed by atoms with E-state index < -0.39 is 0 Å². The van der Waals surface area contributed by atoms with Gasteiger partial charge in [-0.25, -0.2) is 4.98 Å². The summed E-state index contributed by atoms with van der Waals surface area (Å²) in [5.41, 5.74) is 2.54. The smallest absolute Gasteiger partial charge is 0.223 e. The average Bonchev–Trinajstić information content (AvgIpc) is 2.75. The second-order valence-electron chi connectivity index (χ2n) is 4.44. The van der Waals surface area contributed by atoms with E-state index in [1.165, 1.54) is 0 Å². The number of nitrogens with zero attached hydrogens (tertiary/aromatic N) is 3. The van der Waals surface area contributed by atoms with Gasteiger partial charge in [0.15, 0.2) is 11.5 Å². The van der Waals surface area contributed by atoms with Crippen molar-refractivity contribution < 1.29 is 9.21 Å². The summed E-state index contributed by atoms with van der Waals surface area (Å²) in [7, 11) is 1.73. The fourth-order valence-corrected chi connectivity index (χ4v) is 1.90. The molecule has 0 aliphatic carbocycles. The van der Waals surface area contributed by atoms with Crippen LogP contribution in [0, 0.1) is 18.3 Å². The Morgan fingerprint density at radius 1 is 1.53 bits per heavy atom. The normalized spacial score (nSPS) is 10.4. The maximum atomic E-state index is 11.7. The van der Waals surface area contributed by atoms with E-state index in [0.717, 1.165) is 16.7 Å². The second-order valence-corrected chi connectivity index (χ2v) is 4.44. The van der Waals surface area contributed by atoms with E-state index in [2.05, 4.69) is 4.98 Å². The van der Waals surface area contributed by atoms with Gasteiger partial charge in [0.1, 0.15) is 5.52 Å². The Labute approximate surface area is 111 Å². The van der Waals surface area contributed by atoms with Gasteiger partial charge in [0.05, 0.1) is 6.07 Å². The quantitative estimate of drug-likeness (QED) is 0.843. The van der Waals surface area contributed by atoms with E-state index in [1.807, 2.05) is 24.3 Å². The lowest BCUT2D eigenvalue weighted by atomic mass is 10.2. The Morgan fingerprint density at radius 3 is 3.05 bits per heavy atom. The zero-order valence-electron chi connectivity index (χ0n) is 11.0. The lowest BCUT2D eigenvalue weighted by Crippen LogP contribution is -2.25. The third-order valence-electron chi connectivity index (χ3n) is 2.86. The number of aromatic nitrogens is 1. The second kappa shape index (κ2) is 5.53. The fourth-order valence-electron chi connectivity index (χ4n) is 1.90. The highest BCUT2D eigenvalue weighted by Crippen LogP contribution is 2.17. The molecule has 1 aromatic carbocycles. The van der Waals surface area contributed by atoms with Crippen molar-refractivity contribution in [1.29, 1.82) is 5.26 Å². The topological polar surface area (TPSA) is 70.1 Å². The molecule has 0 saturated carbocycles. The number of fused-ring (bicyclic) bond motifs is 1. The molecule has 5 heteroatoms. The molecule has 0 N–H and O–H groups in total. The van der Waals surface area contributed by atoms with Crippen molar-refractivity contribution in [1.82, 2.24) is 9.88 Å². The molecule has 2 aromatic rings. The predicted molar refractivity (Wildman–Crippen MR) is 70.1 cm³/mol. The van der Waals surface area contributed by atoms with Crippen LogP contribution in [0.2, 0.25) is 0 Å². The van der Waals surface area contributed by atoms with Gasteiger partial charge in [0.25, 0.3) is 0 Å². The number of carbonyl (C=O) groups excluding carboxylic acids is 1. The highest BCUT2D eigenvalue weighted by atomic mass is 16.3. The molecule has 0 aliphatic rings. The number of carbonyl (C=O) groups is 1. The van der Waals surface area contributed by atoms with Crippen molar-refractivity contribution in [3.63, 3.8) is 0 Å². The molecule has 1 amide bonds. The van der Waals surface area contributed by atoms with Gasteiger partial charge in [0.2, 0.25) is 5.91 Å². The van der Waals surface area contributed by atoms with Gasteiger partial charge in [-0.15, -0.1) is 0 Å². The van der Waals surface area contributed by atoms with Crippen LogP contribution in [-0.4, -0.2) is 22.8 Å². The number of oxazole rings is 1. The van der Waals surface area contributed by atoms with E-state index in [4.69, 9.17) is 9.68 Å². The average molecular weight is 257 g/mol. The summed E-state index contributed by atoms with van der Waals surface area (Å²) < 4.78 is 5.40. The summed E-state index contributed by atoms with van der Waals surface area (Å²) in [4.78, 5) is 17.6. The Hall–Kier alpha value is -2.35. The fraction of sp³-hybridized carbons (Fsp3) is 0.357. The van der Waals surface area contributed by atoms with Gasteiger partial charge < -0.3 is 9.32 Å². The number of aryl methyl sites for hydroxylation is 1. The number of nitriles is 1. The molecule has 0 radical (unpaired) electrons. The molecule has 0 saturated heterocycles. The molecule has 5 nitrogen and oxygen atoms in total. The summed E-state index contributed by atoms with van der Waals surface area (Å²) >= 11 is 0. The van der Waals surface area contributed by atoms with Gasteiger partial charge in [0, 0.05) is 33.4 Å². The minimum Gasteiger partial charge on any atom is -0.441 e. The number of amides is 1. The first-order chi connectivity index (χ1) is 9.10. The molecule has 98 valence electrons. The van der Waals surface area contributed by atoms with Crippen molar-refractivity contribution in [3.8, 4) is 6.07 Å². The van der Waals surface area contributed by atoms with Crippen molar-refractivity contribution in [3.05, 3.63) is 29.7 Å². The van der Waals surface area contributed by atoms with E-state index in [9.17, 15) is 4.79 Å². The molecule has 0 unspecified atom stereocenters. The predicted octanol–water partition coefficient (Wildman–Crippen LogP) is 2.40. The highest BCUT2D eigenvalue weighted by Gasteiger charge is 2.10. The number of rotatable bonds is 4. The lowest BCUT2D eigenvalue weighted by Gasteiger charge is -2.16. The molecule has 2 rings (SSSR count). The summed E-state index contributed by atoms with van der Waals surface area (Å²) in [5.74, 6) is 0.601. The molecule has 0 bridgehead atoms. The van der Waals surface area contributed by atoms with Crippen LogP contribution in [0.5, 0.6) is 0 Å². The van der Waals surface area contributed by atoms with Gasteiger partial charge in [-0.05, 0) is 17.7 Å². The molecule has 1 aromatic heterocycles. The number of hydrogen-bond acceptors (Lipinski definition) is 4. The highest BCUT2D eigenvalue weighted by molar-refractivity contribution is 5.77. The molecule has 19 heavy (non-hydrogen) atoms. The van der Waals surface area contributed by atoms with Gasteiger partial charge in [-0.1, -0.05) is 6.07 Å². The first-order valence-corrected chi connectivity index (χ1v) is 6.07. The van der Waals surface area contributed by atoms with E-state index in [1.54, 1.807) is 18.9 Å². The van der Waals surface area contributed by atoms with Crippen LogP contribution in [-0.2, 0) is 11.3 Å². The largest absolute Gasteiger partial charge is 0.441 e. The zero-order chi connectivity index (χ0) is 13.8. The summed E-state index contributed by atoms with van der Waals surface area (Å²) in [6.45, 7) is 2.31. The lowest BCUT2D eigenvalue weighted by molar-refractivity contribution is -0.130. The SMILES string of the molecule is Cc1nc2cc(CN(C)C(=O)CCC#N)ccc2o1. The molecular formula is C14H15N3O2. The molecule has 0 spiro atoms. The third-order valence-corrected chi connectivity index (χ3v) is 2.86. The molecular weight excluding hydrogens is 242 g/mol. The molecule has 0 atom stereocenters. The summed E-state index contributed by atoms with van der Waals surface area (Å²) in [5, 5.41) is 8.47. The van der Waals surface area contributed by atoms with Crippen LogP contribution < -0.4 is 0 Å². The summed E-state index contributed by atoms with van der Waals surface area (Å²) in [6, 6.07) is 7.67. The van der Waals surface area contributed by atoms with Crippen LogP contribution in [0.25, 0.3) is 11.1 Å². The van der Waals surface area contributed by atoms with Gasteiger partial charge in [-0.3, -0.25) is 4.79 Å².